The number of ether oxygens (including phenoxy) is 4. The third-order valence-corrected chi connectivity index (χ3v) is 20.9. The van der Waals surface area contributed by atoms with E-state index >= 15 is 0 Å². The van der Waals surface area contributed by atoms with E-state index in [0.717, 1.165) is 114 Å². The molecule has 0 saturated heterocycles. The van der Waals surface area contributed by atoms with Crippen molar-refractivity contribution in [2.24, 2.45) is 17.8 Å². The fraction of sp³-hybridized carbons (Fsp3) is 0.950. The molecule has 17 nitrogen and oxygen atoms in total. The average Bonchev–Trinajstić information content (AvgIpc) is 1.14. The Hall–Kier alpha value is -1.94. The Bertz CT molecular complexity index is 1920. The Morgan fingerprint density at radius 2 is 0.515 bits per heavy atom. The number of esters is 4. The summed E-state index contributed by atoms with van der Waals surface area (Å²) in [6, 6.07) is 0. The van der Waals surface area contributed by atoms with Crippen LogP contribution in [0.15, 0.2) is 0 Å². The van der Waals surface area contributed by atoms with Gasteiger partial charge < -0.3 is 33.8 Å². The van der Waals surface area contributed by atoms with Gasteiger partial charge in [0.15, 0.2) is 12.2 Å². The second-order valence-electron chi connectivity index (χ2n) is 30.0. The van der Waals surface area contributed by atoms with Gasteiger partial charge in [-0.3, -0.25) is 37.3 Å². The molecule has 0 amide bonds. The first-order chi connectivity index (χ1) is 47.8. The minimum absolute atomic E-state index is 0.107. The molecule has 99 heavy (non-hydrogen) atoms. The molecule has 0 aliphatic heterocycles. The van der Waals surface area contributed by atoms with Crippen LogP contribution >= 0.6 is 15.6 Å². The van der Waals surface area contributed by atoms with Crippen molar-refractivity contribution in [3.05, 3.63) is 0 Å². The molecular weight excluding hydrogens is 1290 g/mol. The fourth-order valence-electron chi connectivity index (χ4n) is 12.3. The number of hydrogen-bond acceptors (Lipinski definition) is 15. The molecule has 0 aromatic carbocycles. The lowest BCUT2D eigenvalue weighted by Gasteiger charge is -2.21. The van der Waals surface area contributed by atoms with Crippen LogP contribution in [0.3, 0.4) is 0 Å². The molecule has 0 spiro atoms. The molecule has 0 aromatic heterocycles. The molecule has 0 radical (unpaired) electrons. The van der Waals surface area contributed by atoms with Crippen LogP contribution in [0.2, 0.25) is 0 Å². The van der Waals surface area contributed by atoms with Crippen LogP contribution in [0.4, 0.5) is 0 Å². The Morgan fingerprint density at radius 1 is 0.293 bits per heavy atom. The van der Waals surface area contributed by atoms with E-state index in [0.29, 0.717) is 25.7 Å². The molecule has 0 aliphatic rings. The molecule has 0 heterocycles. The lowest BCUT2D eigenvalue weighted by Crippen LogP contribution is -2.30. The number of rotatable bonds is 78. The number of phosphoric ester groups is 2. The average molecular weight is 1450 g/mol. The number of carbonyl (C=O) groups is 4. The highest BCUT2D eigenvalue weighted by Crippen LogP contribution is 2.45. The standard InChI is InChI=1S/C80H156O17P2/c1-8-10-11-12-13-14-15-16-24-29-35-40-49-56-63-80(85)97-76(68-91-78(83)62-55-48-43-42-46-53-60-73(7)9-2)70-95-99(88,89)93-66-74(81)65-92-98(86,87)94-69-75(67-90-77(82)61-54-47-39-34-31-26-28-33-38-45-52-59-72(5)6)96-79(84)64-57-50-41-36-30-25-22-20-18-17-19-21-23-27-32-37-44-51-58-71(3)4/h71-76,81H,8-70H2,1-7H3,(H,86,87)(H,88,89)/t73?,74-,75-,76-/m1/s1. The van der Waals surface area contributed by atoms with Gasteiger partial charge in [-0.1, -0.05) is 363 Å². The summed E-state index contributed by atoms with van der Waals surface area (Å²) in [6.45, 7) is 11.9. The van der Waals surface area contributed by atoms with Crippen molar-refractivity contribution in [1.82, 2.24) is 0 Å². The second-order valence-corrected chi connectivity index (χ2v) is 32.9. The van der Waals surface area contributed by atoms with Gasteiger partial charge in [0, 0.05) is 25.7 Å². The van der Waals surface area contributed by atoms with Crippen LogP contribution in [0.25, 0.3) is 0 Å². The first-order valence-electron chi connectivity index (χ1n) is 41.4. The molecular formula is C80H156O17P2. The van der Waals surface area contributed by atoms with E-state index in [4.69, 9.17) is 37.0 Å². The maximum absolute atomic E-state index is 13.1. The van der Waals surface area contributed by atoms with Crippen molar-refractivity contribution in [2.75, 3.05) is 39.6 Å². The third kappa shape index (κ3) is 72.8. The van der Waals surface area contributed by atoms with Crippen molar-refractivity contribution in [2.45, 2.75) is 433 Å². The molecule has 0 bridgehead atoms. The Balaban J connectivity index is 5.22. The predicted molar refractivity (Wildman–Crippen MR) is 405 cm³/mol. The zero-order valence-corrected chi connectivity index (χ0v) is 66.8. The summed E-state index contributed by atoms with van der Waals surface area (Å²) < 4.78 is 68.7. The number of aliphatic hydroxyl groups excluding tert-OH is 1. The maximum Gasteiger partial charge on any atom is 0.472 e. The van der Waals surface area contributed by atoms with Crippen molar-refractivity contribution in [1.29, 1.82) is 0 Å². The molecule has 3 N–H and O–H groups in total. The SMILES string of the molecule is CCCCCCCCCCCCCCCCC(=O)O[C@H](COC(=O)CCCCCCCCC(C)CC)COP(=O)(O)OC[C@H](O)COP(=O)(O)OC[C@@H](COC(=O)CCCCCCCCCCCCCC(C)C)OC(=O)CCCCCCCCCCCCCCCCCCCCC(C)C. The van der Waals surface area contributed by atoms with Gasteiger partial charge in [0.05, 0.1) is 26.4 Å². The van der Waals surface area contributed by atoms with E-state index < -0.39 is 97.5 Å². The van der Waals surface area contributed by atoms with Crippen LogP contribution in [0.5, 0.6) is 0 Å². The number of hydrogen-bond donors (Lipinski definition) is 3. The quantitative estimate of drug-likeness (QED) is 0.0222. The van der Waals surface area contributed by atoms with E-state index in [-0.39, 0.29) is 25.7 Å². The normalized spacial score (nSPS) is 14.3. The molecule has 0 aromatic rings. The van der Waals surface area contributed by atoms with E-state index in [1.165, 1.54) is 218 Å². The minimum atomic E-state index is -4.96. The lowest BCUT2D eigenvalue weighted by atomic mass is 10.00. The van der Waals surface area contributed by atoms with E-state index in [1.54, 1.807) is 0 Å². The summed E-state index contributed by atoms with van der Waals surface area (Å²) in [7, 11) is -9.92. The highest BCUT2D eigenvalue weighted by Gasteiger charge is 2.30. The van der Waals surface area contributed by atoms with Crippen molar-refractivity contribution in [3.63, 3.8) is 0 Å². The van der Waals surface area contributed by atoms with Gasteiger partial charge >= 0.3 is 39.5 Å². The maximum atomic E-state index is 13.1. The summed E-state index contributed by atoms with van der Waals surface area (Å²) in [5, 5.41) is 10.6. The van der Waals surface area contributed by atoms with Crippen LogP contribution < -0.4 is 0 Å². The van der Waals surface area contributed by atoms with E-state index in [2.05, 4.69) is 48.5 Å². The minimum Gasteiger partial charge on any atom is -0.462 e. The molecule has 6 atom stereocenters. The van der Waals surface area contributed by atoms with E-state index in [1.807, 2.05) is 0 Å². The van der Waals surface area contributed by atoms with Gasteiger partial charge in [-0.2, -0.15) is 0 Å². The molecule has 0 saturated carbocycles. The van der Waals surface area contributed by atoms with Gasteiger partial charge in [0.25, 0.3) is 0 Å². The summed E-state index contributed by atoms with van der Waals surface area (Å²) in [5.41, 5.74) is 0. The fourth-order valence-corrected chi connectivity index (χ4v) is 13.9. The first-order valence-corrected chi connectivity index (χ1v) is 44.4. The number of carbonyl (C=O) groups excluding carboxylic acids is 4. The zero-order chi connectivity index (χ0) is 73.0. The molecule has 0 aliphatic carbocycles. The van der Waals surface area contributed by atoms with Crippen LogP contribution in [-0.4, -0.2) is 96.7 Å². The largest absolute Gasteiger partial charge is 0.472 e. The number of unbranched alkanes of at least 4 members (excludes halogenated alkanes) is 45. The second kappa shape index (κ2) is 70.4. The first kappa shape index (κ1) is 97.1. The summed E-state index contributed by atoms with van der Waals surface area (Å²) >= 11 is 0. The predicted octanol–water partition coefficient (Wildman–Crippen LogP) is 23.7. The Kier molecular flexibility index (Phi) is 69.0. The smallest absolute Gasteiger partial charge is 0.462 e. The Labute approximate surface area is 607 Å². The van der Waals surface area contributed by atoms with Crippen LogP contribution in [-0.2, 0) is 65.4 Å². The van der Waals surface area contributed by atoms with Gasteiger partial charge in [0.1, 0.15) is 19.3 Å². The molecule has 19 heteroatoms. The highest BCUT2D eigenvalue weighted by molar-refractivity contribution is 7.47. The van der Waals surface area contributed by atoms with Gasteiger partial charge in [-0.25, -0.2) is 9.13 Å². The highest BCUT2D eigenvalue weighted by atomic mass is 31.2. The van der Waals surface area contributed by atoms with Crippen LogP contribution in [0, 0.1) is 17.8 Å². The monoisotopic (exact) mass is 1450 g/mol. The number of phosphoric acid groups is 2. The van der Waals surface area contributed by atoms with Gasteiger partial charge in [-0.05, 0) is 43.4 Å². The summed E-state index contributed by atoms with van der Waals surface area (Å²) in [5.74, 6) is 0.210. The van der Waals surface area contributed by atoms with Crippen molar-refractivity contribution >= 4 is 39.5 Å². The van der Waals surface area contributed by atoms with Gasteiger partial charge in [0.2, 0.25) is 0 Å². The molecule has 0 rings (SSSR count). The van der Waals surface area contributed by atoms with Crippen molar-refractivity contribution < 1.29 is 80.2 Å². The lowest BCUT2D eigenvalue weighted by molar-refractivity contribution is -0.161. The van der Waals surface area contributed by atoms with Crippen molar-refractivity contribution in [3.8, 4) is 0 Å². The van der Waals surface area contributed by atoms with Crippen LogP contribution in [0.1, 0.15) is 414 Å². The Morgan fingerprint density at radius 3 is 0.768 bits per heavy atom. The topological polar surface area (TPSA) is 237 Å². The molecule has 3 unspecified atom stereocenters. The molecule has 588 valence electrons. The van der Waals surface area contributed by atoms with E-state index in [9.17, 15) is 43.2 Å². The zero-order valence-electron chi connectivity index (χ0n) is 65.0. The summed E-state index contributed by atoms with van der Waals surface area (Å²) in [6.07, 6.45) is 58.3. The molecule has 0 fully saturated rings. The summed E-state index contributed by atoms with van der Waals surface area (Å²) in [4.78, 5) is 73.0. The third-order valence-electron chi connectivity index (χ3n) is 19.0. The van der Waals surface area contributed by atoms with Gasteiger partial charge in [-0.15, -0.1) is 0 Å². The number of aliphatic hydroxyl groups is 1.